The van der Waals surface area contributed by atoms with Gasteiger partial charge in [0, 0.05) is 51.8 Å². The summed E-state index contributed by atoms with van der Waals surface area (Å²) in [6, 6.07) is 5.35. The molecule has 0 unspecified atom stereocenters. The van der Waals surface area contributed by atoms with E-state index in [0.717, 1.165) is 49.3 Å². The van der Waals surface area contributed by atoms with Crippen molar-refractivity contribution >= 4 is 34.9 Å². The molecule has 1 aliphatic heterocycles. The van der Waals surface area contributed by atoms with Gasteiger partial charge in [-0.1, -0.05) is 17.7 Å². The Labute approximate surface area is 191 Å². The Morgan fingerprint density at radius 3 is 2.69 bits per heavy atom. The molecule has 0 atom stereocenters. The van der Waals surface area contributed by atoms with Crippen LogP contribution in [0.5, 0.6) is 0 Å². The molecule has 0 amide bonds. The van der Waals surface area contributed by atoms with E-state index < -0.39 is 5.95 Å². The lowest BCUT2D eigenvalue weighted by molar-refractivity contribution is -0.114. The minimum absolute atomic E-state index is 0.0686. The lowest BCUT2D eigenvalue weighted by Crippen LogP contribution is -2.46. The van der Waals surface area contributed by atoms with E-state index in [1.165, 1.54) is 0 Å². The molecule has 0 aromatic carbocycles. The Hall–Kier alpha value is -2.64. The number of fused-ring (bicyclic) bond motifs is 1. The topological polar surface area (TPSA) is 66.4 Å². The molecule has 0 radical (unpaired) electrons. The zero-order chi connectivity index (χ0) is 22.2. The molecule has 166 valence electrons. The third-order valence-electron chi connectivity index (χ3n) is 6.34. The van der Waals surface area contributed by atoms with Gasteiger partial charge in [-0.05, 0) is 48.1 Å². The van der Waals surface area contributed by atoms with Gasteiger partial charge >= 0.3 is 0 Å². The summed E-state index contributed by atoms with van der Waals surface area (Å²) in [6.07, 6.45) is 6.37. The standard InChI is InChI=1S/C24H24ClFN4O2/c25-18-12-20-17(11-22(18)31)9-16(13-27-20)14-29-5-7-30(8-6-29)21-4-3-19(28-24(21)26)23(32)10-15-1-2-15/h3-4,9,12-13,15H,1-2,5-8,10-11,14H2. The van der Waals surface area contributed by atoms with Crippen LogP contribution in [0.3, 0.4) is 0 Å². The van der Waals surface area contributed by atoms with Crippen LogP contribution in [-0.2, 0) is 17.8 Å². The monoisotopic (exact) mass is 454 g/mol. The Morgan fingerprint density at radius 2 is 1.97 bits per heavy atom. The highest BCUT2D eigenvalue weighted by molar-refractivity contribution is 6.45. The van der Waals surface area contributed by atoms with Crippen molar-refractivity contribution in [1.82, 2.24) is 14.9 Å². The average molecular weight is 455 g/mol. The van der Waals surface area contributed by atoms with Crippen LogP contribution < -0.4 is 4.90 Å². The highest BCUT2D eigenvalue weighted by Gasteiger charge is 2.27. The van der Waals surface area contributed by atoms with E-state index in [1.807, 2.05) is 17.2 Å². The zero-order valence-electron chi connectivity index (χ0n) is 17.7. The fourth-order valence-corrected chi connectivity index (χ4v) is 4.47. The predicted octanol–water partition coefficient (Wildman–Crippen LogP) is 3.63. The van der Waals surface area contributed by atoms with Crippen molar-refractivity contribution in [2.75, 3.05) is 31.1 Å². The van der Waals surface area contributed by atoms with Gasteiger partial charge in [0.15, 0.2) is 11.6 Å². The van der Waals surface area contributed by atoms with E-state index in [2.05, 4.69) is 14.9 Å². The van der Waals surface area contributed by atoms with Crippen molar-refractivity contribution in [2.45, 2.75) is 32.2 Å². The number of aromatic nitrogens is 2. The zero-order valence-corrected chi connectivity index (χ0v) is 18.4. The van der Waals surface area contributed by atoms with Crippen LogP contribution >= 0.6 is 11.6 Å². The lowest BCUT2D eigenvalue weighted by Gasteiger charge is -2.36. The van der Waals surface area contributed by atoms with E-state index in [9.17, 15) is 14.0 Å². The van der Waals surface area contributed by atoms with Gasteiger partial charge in [0.05, 0.1) is 16.4 Å². The molecule has 32 heavy (non-hydrogen) atoms. The number of anilines is 1. The molecular formula is C24H24ClFN4O2. The van der Waals surface area contributed by atoms with Crippen molar-refractivity contribution < 1.29 is 14.0 Å². The van der Waals surface area contributed by atoms with Gasteiger partial charge in [-0.25, -0.2) is 4.98 Å². The number of pyridine rings is 2. The maximum atomic E-state index is 14.6. The van der Waals surface area contributed by atoms with Crippen molar-refractivity contribution in [3.05, 3.63) is 57.9 Å². The Morgan fingerprint density at radius 1 is 1.19 bits per heavy atom. The van der Waals surface area contributed by atoms with Crippen molar-refractivity contribution in [1.29, 1.82) is 0 Å². The highest BCUT2D eigenvalue weighted by atomic mass is 35.5. The van der Waals surface area contributed by atoms with Gasteiger partial charge in [0.1, 0.15) is 5.69 Å². The molecule has 2 aromatic rings. The Balaban J connectivity index is 1.19. The number of piperazine rings is 1. The summed E-state index contributed by atoms with van der Waals surface area (Å²) >= 11 is 5.92. The Kier molecular flexibility index (Phi) is 5.78. The third kappa shape index (κ3) is 4.59. The summed E-state index contributed by atoms with van der Waals surface area (Å²) in [5.74, 6) is -0.265. The van der Waals surface area contributed by atoms with Crippen molar-refractivity contribution in [3.8, 4) is 0 Å². The van der Waals surface area contributed by atoms with Crippen molar-refractivity contribution in [2.24, 2.45) is 5.92 Å². The molecule has 1 saturated heterocycles. The van der Waals surface area contributed by atoms with Crippen LogP contribution in [-0.4, -0.2) is 52.6 Å². The fraction of sp³-hybridized carbons (Fsp3) is 0.417. The lowest BCUT2D eigenvalue weighted by atomic mass is 9.99. The van der Waals surface area contributed by atoms with Crippen LogP contribution in [0.2, 0.25) is 0 Å². The molecule has 2 aliphatic carbocycles. The van der Waals surface area contributed by atoms with Gasteiger partial charge in [0.2, 0.25) is 5.95 Å². The molecule has 0 spiro atoms. The molecule has 3 heterocycles. The van der Waals surface area contributed by atoms with Crippen LogP contribution in [0.4, 0.5) is 10.1 Å². The number of hydrogen-bond acceptors (Lipinski definition) is 6. The third-order valence-corrected chi connectivity index (χ3v) is 6.66. The number of hydrogen-bond donors (Lipinski definition) is 0. The summed E-state index contributed by atoms with van der Waals surface area (Å²) in [5.41, 5.74) is 3.38. The van der Waals surface area contributed by atoms with E-state index in [4.69, 9.17) is 11.6 Å². The quantitative estimate of drug-likeness (QED) is 0.490. The van der Waals surface area contributed by atoms with Crippen LogP contribution in [0.15, 0.2) is 29.4 Å². The fourth-order valence-electron chi connectivity index (χ4n) is 4.30. The maximum absolute atomic E-state index is 14.6. The first-order valence-corrected chi connectivity index (χ1v) is 11.4. The second-order valence-corrected chi connectivity index (χ2v) is 9.23. The molecule has 2 aromatic heterocycles. The number of carbonyl (C=O) groups excluding carboxylic acids is 2. The van der Waals surface area contributed by atoms with E-state index in [0.29, 0.717) is 31.1 Å². The number of allylic oxidation sites excluding steroid dienone is 1. The molecule has 2 fully saturated rings. The molecule has 3 aliphatic rings. The van der Waals surface area contributed by atoms with E-state index in [1.54, 1.807) is 18.2 Å². The first-order chi connectivity index (χ1) is 15.5. The van der Waals surface area contributed by atoms with Gasteiger partial charge in [-0.15, -0.1) is 0 Å². The van der Waals surface area contributed by atoms with Crippen LogP contribution in [0.25, 0.3) is 6.08 Å². The number of Topliss-reactive ketones (excluding diaryl/α,β-unsaturated/α-hetero) is 2. The summed E-state index contributed by atoms with van der Waals surface area (Å²) in [5, 5.41) is 0.232. The largest absolute Gasteiger partial charge is 0.365 e. The smallest absolute Gasteiger partial charge is 0.237 e. The van der Waals surface area contributed by atoms with Crippen LogP contribution in [0.1, 0.15) is 46.6 Å². The average Bonchev–Trinajstić information content (AvgIpc) is 3.59. The van der Waals surface area contributed by atoms with Gasteiger partial charge in [-0.2, -0.15) is 4.39 Å². The highest BCUT2D eigenvalue weighted by Crippen LogP contribution is 2.33. The van der Waals surface area contributed by atoms with E-state index >= 15 is 0 Å². The molecule has 0 bridgehead atoms. The minimum atomic E-state index is -0.574. The van der Waals surface area contributed by atoms with Crippen molar-refractivity contribution in [3.63, 3.8) is 0 Å². The molecule has 5 rings (SSSR count). The normalized spacial score (nSPS) is 19.0. The predicted molar refractivity (Wildman–Crippen MR) is 120 cm³/mol. The second kappa shape index (κ2) is 8.71. The number of ketones is 2. The molecule has 8 heteroatoms. The number of nitrogens with zero attached hydrogens (tertiary/aromatic N) is 4. The van der Waals surface area contributed by atoms with Gasteiger partial charge in [0.25, 0.3) is 0 Å². The first-order valence-electron chi connectivity index (χ1n) is 11.0. The maximum Gasteiger partial charge on any atom is 0.237 e. The molecule has 6 nitrogen and oxygen atoms in total. The SMILES string of the molecule is O=C1Cc2cc(CN3CCN(c4ccc(C(=O)CC5CC5)nc4F)CC3)cnc2C=C1Cl. The summed E-state index contributed by atoms with van der Waals surface area (Å²) < 4.78 is 14.6. The molecule has 0 N–H and O–H groups in total. The molecular weight excluding hydrogens is 431 g/mol. The summed E-state index contributed by atoms with van der Waals surface area (Å²) in [6.45, 7) is 3.59. The van der Waals surface area contributed by atoms with E-state index in [-0.39, 0.29) is 28.7 Å². The number of rotatable bonds is 6. The van der Waals surface area contributed by atoms with Gasteiger partial charge in [-0.3, -0.25) is 19.5 Å². The minimum Gasteiger partial charge on any atom is -0.365 e. The summed E-state index contributed by atoms with van der Waals surface area (Å²) in [4.78, 5) is 36.7. The van der Waals surface area contributed by atoms with Gasteiger partial charge < -0.3 is 4.90 Å². The summed E-state index contributed by atoms with van der Waals surface area (Å²) in [7, 11) is 0. The first kappa shape index (κ1) is 21.2. The number of halogens is 2. The number of carbonyl (C=O) groups is 2. The Bertz CT molecular complexity index is 1110. The molecule has 1 saturated carbocycles. The van der Waals surface area contributed by atoms with Crippen LogP contribution in [0, 0.1) is 11.9 Å². The second-order valence-electron chi connectivity index (χ2n) is 8.82.